The normalized spacial score (nSPS) is 11.6. The number of hydrogen-bond acceptors (Lipinski definition) is 6. The molecule has 27 heavy (non-hydrogen) atoms. The predicted octanol–water partition coefficient (Wildman–Crippen LogP) is 1.50. The number of benzene rings is 2. The van der Waals surface area contributed by atoms with Gasteiger partial charge in [-0.15, -0.1) is 0 Å². The molecule has 0 unspecified atom stereocenters. The minimum atomic E-state index is -3.76. The Hall–Kier alpha value is -3.50. The van der Waals surface area contributed by atoms with Crippen molar-refractivity contribution in [3.63, 3.8) is 0 Å². The number of aromatic amines is 1. The molecule has 2 aromatic carbocycles. The Morgan fingerprint density at radius 2 is 1.74 bits per heavy atom. The third-order valence-electron chi connectivity index (χ3n) is 3.88. The number of para-hydroxylation sites is 1. The fraction of sp³-hybridized carbons (Fsp3) is 0. The molecule has 0 aliphatic carbocycles. The minimum Gasteiger partial charge on any atom is -0.324 e. The van der Waals surface area contributed by atoms with Crippen LogP contribution in [0.4, 0.5) is 11.6 Å². The maximum absolute atomic E-state index is 12.3. The number of imidazole rings is 1. The van der Waals surface area contributed by atoms with Crippen molar-refractivity contribution in [1.82, 2.24) is 19.5 Å². The first-order chi connectivity index (χ1) is 12.9. The summed E-state index contributed by atoms with van der Waals surface area (Å²) in [4.78, 5) is 23.6. The van der Waals surface area contributed by atoms with Gasteiger partial charge in [0.2, 0.25) is 16.0 Å². The molecule has 0 atom stereocenters. The molecule has 2 heterocycles. The average Bonchev–Trinajstić information content (AvgIpc) is 2.97. The fourth-order valence-electron chi connectivity index (χ4n) is 2.63. The SMILES string of the molecule is NS(=O)(=O)c1ccc(Nc2ncc3[nH]c(=O)n(-c4ccccc4)c3n2)cc1. The van der Waals surface area contributed by atoms with Crippen LogP contribution in [0, 0.1) is 0 Å². The molecule has 0 amide bonds. The number of nitrogens with one attached hydrogen (secondary N) is 2. The molecule has 0 saturated carbocycles. The summed E-state index contributed by atoms with van der Waals surface area (Å²) in [6, 6.07) is 15.0. The van der Waals surface area contributed by atoms with Crippen molar-refractivity contribution in [2.24, 2.45) is 5.14 Å². The van der Waals surface area contributed by atoms with Crippen LogP contribution in [0.25, 0.3) is 16.9 Å². The number of rotatable bonds is 4. The minimum absolute atomic E-state index is 0.00738. The smallest absolute Gasteiger partial charge is 0.324 e. The van der Waals surface area contributed by atoms with Gasteiger partial charge in [0.05, 0.1) is 16.8 Å². The summed E-state index contributed by atoms with van der Waals surface area (Å²) < 4.78 is 24.1. The first kappa shape index (κ1) is 16.9. The van der Waals surface area contributed by atoms with Crippen molar-refractivity contribution >= 4 is 32.8 Å². The van der Waals surface area contributed by atoms with Crippen LogP contribution in [-0.2, 0) is 10.0 Å². The third-order valence-corrected chi connectivity index (χ3v) is 4.81. The molecule has 0 fully saturated rings. The van der Waals surface area contributed by atoms with E-state index in [4.69, 9.17) is 5.14 Å². The second-order valence-electron chi connectivity index (χ2n) is 5.73. The number of primary sulfonamides is 1. The lowest BCUT2D eigenvalue weighted by atomic mass is 10.3. The van der Waals surface area contributed by atoms with E-state index in [1.54, 1.807) is 24.3 Å². The lowest BCUT2D eigenvalue weighted by molar-refractivity contribution is 0.598. The number of nitrogens with zero attached hydrogens (tertiary/aromatic N) is 3. The molecule has 4 N–H and O–H groups in total. The number of anilines is 2. The van der Waals surface area contributed by atoms with E-state index < -0.39 is 10.0 Å². The van der Waals surface area contributed by atoms with Gasteiger partial charge >= 0.3 is 5.69 Å². The summed E-state index contributed by atoms with van der Waals surface area (Å²) >= 11 is 0. The van der Waals surface area contributed by atoms with Crippen LogP contribution < -0.4 is 16.1 Å². The number of sulfonamides is 1. The van der Waals surface area contributed by atoms with E-state index in [9.17, 15) is 13.2 Å². The lowest BCUT2D eigenvalue weighted by Crippen LogP contribution is -2.14. The molecule has 136 valence electrons. The summed E-state index contributed by atoms with van der Waals surface area (Å²) in [6.45, 7) is 0. The highest BCUT2D eigenvalue weighted by molar-refractivity contribution is 7.89. The Morgan fingerprint density at radius 3 is 2.41 bits per heavy atom. The molecular weight excluding hydrogens is 368 g/mol. The highest BCUT2D eigenvalue weighted by Gasteiger charge is 2.12. The van der Waals surface area contributed by atoms with Crippen molar-refractivity contribution in [2.45, 2.75) is 4.90 Å². The molecule has 4 aromatic rings. The van der Waals surface area contributed by atoms with Crippen molar-refractivity contribution in [3.05, 3.63) is 71.3 Å². The number of hydrogen-bond donors (Lipinski definition) is 3. The Morgan fingerprint density at radius 1 is 1.04 bits per heavy atom. The fourth-order valence-corrected chi connectivity index (χ4v) is 3.15. The van der Waals surface area contributed by atoms with Crippen LogP contribution in [0.2, 0.25) is 0 Å². The summed E-state index contributed by atoms with van der Waals surface area (Å²) in [5.74, 6) is 0.259. The van der Waals surface area contributed by atoms with Crippen LogP contribution in [-0.4, -0.2) is 27.9 Å². The number of H-pyrrole nitrogens is 1. The Labute approximate surface area is 153 Å². The Bertz CT molecular complexity index is 1280. The van der Waals surface area contributed by atoms with Crippen molar-refractivity contribution < 1.29 is 8.42 Å². The van der Waals surface area contributed by atoms with E-state index in [0.29, 0.717) is 22.5 Å². The van der Waals surface area contributed by atoms with Gasteiger partial charge in [-0.3, -0.25) is 0 Å². The van der Waals surface area contributed by atoms with Crippen molar-refractivity contribution in [2.75, 3.05) is 5.32 Å². The molecule has 0 bridgehead atoms. The zero-order valence-electron chi connectivity index (χ0n) is 13.8. The third kappa shape index (κ3) is 3.30. The predicted molar refractivity (Wildman–Crippen MR) is 101 cm³/mol. The van der Waals surface area contributed by atoms with E-state index in [2.05, 4.69) is 20.3 Å². The highest BCUT2D eigenvalue weighted by Crippen LogP contribution is 2.18. The van der Waals surface area contributed by atoms with Gasteiger partial charge in [0.1, 0.15) is 5.52 Å². The van der Waals surface area contributed by atoms with Gasteiger partial charge in [-0.05, 0) is 36.4 Å². The standard InChI is InChI=1S/C17H14N6O3S/c18-27(25,26)13-8-6-11(7-9-13)20-16-19-10-14-15(22-16)23(17(24)21-14)12-4-2-1-3-5-12/h1-10H,(H,21,24)(H2,18,25,26)(H,19,20,22). The maximum atomic E-state index is 12.3. The van der Waals surface area contributed by atoms with Gasteiger partial charge in [0, 0.05) is 5.69 Å². The van der Waals surface area contributed by atoms with Crippen LogP contribution in [0.1, 0.15) is 0 Å². The Balaban J connectivity index is 1.72. The van der Waals surface area contributed by atoms with E-state index in [1.165, 1.54) is 22.9 Å². The molecule has 0 aliphatic heterocycles. The topological polar surface area (TPSA) is 136 Å². The van der Waals surface area contributed by atoms with E-state index in [-0.39, 0.29) is 16.5 Å². The summed E-state index contributed by atoms with van der Waals surface area (Å²) in [7, 11) is -3.76. The highest BCUT2D eigenvalue weighted by atomic mass is 32.2. The monoisotopic (exact) mass is 382 g/mol. The van der Waals surface area contributed by atoms with Crippen molar-refractivity contribution in [3.8, 4) is 5.69 Å². The first-order valence-electron chi connectivity index (χ1n) is 7.85. The van der Waals surface area contributed by atoms with Gasteiger partial charge in [-0.2, -0.15) is 4.98 Å². The molecule has 0 saturated heterocycles. The zero-order chi connectivity index (χ0) is 19.0. The van der Waals surface area contributed by atoms with E-state index in [1.807, 2.05) is 18.2 Å². The second-order valence-corrected chi connectivity index (χ2v) is 7.29. The van der Waals surface area contributed by atoms with E-state index in [0.717, 1.165) is 0 Å². The van der Waals surface area contributed by atoms with Crippen LogP contribution in [0.15, 0.2) is 70.5 Å². The summed E-state index contributed by atoms with van der Waals surface area (Å²) in [6.07, 6.45) is 1.50. The van der Waals surface area contributed by atoms with Gasteiger partial charge in [0.15, 0.2) is 5.65 Å². The zero-order valence-corrected chi connectivity index (χ0v) is 14.6. The van der Waals surface area contributed by atoms with Crippen LogP contribution in [0.5, 0.6) is 0 Å². The first-order valence-corrected chi connectivity index (χ1v) is 9.39. The number of aromatic nitrogens is 4. The summed E-state index contributed by atoms with van der Waals surface area (Å²) in [5, 5.41) is 8.06. The molecule has 0 radical (unpaired) electrons. The van der Waals surface area contributed by atoms with Gasteiger partial charge < -0.3 is 10.3 Å². The van der Waals surface area contributed by atoms with Crippen LogP contribution in [0.3, 0.4) is 0 Å². The average molecular weight is 382 g/mol. The Kier molecular flexibility index (Phi) is 3.98. The quantitative estimate of drug-likeness (QED) is 0.489. The maximum Gasteiger partial charge on any atom is 0.332 e. The number of nitrogens with two attached hydrogens (primary N) is 1. The lowest BCUT2D eigenvalue weighted by Gasteiger charge is -2.07. The van der Waals surface area contributed by atoms with Gasteiger partial charge in [-0.1, -0.05) is 18.2 Å². The van der Waals surface area contributed by atoms with Crippen LogP contribution >= 0.6 is 0 Å². The van der Waals surface area contributed by atoms with E-state index >= 15 is 0 Å². The molecule has 0 aliphatic rings. The molecule has 0 spiro atoms. The molecule has 9 nitrogen and oxygen atoms in total. The molecule has 2 aromatic heterocycles. The van der Waals surface area contributed by atoms with Gasteiger partial charge in [-0.25, -0.2) is 27.9 Å². The van der Waals surface area contributed by atoms with Crippen molar-refractivity contribution in [1.29, 1.82) is 0 Å². The molecular formula is C17H14N6O3S. The van der Waals surface area contributed by atoms with Gasteiger partial charge in [0.25, 0.3) is 0 Å². The largest absolute Gasteiger partial charge is 0.332 e. The molecule has 10 heteroatoms. The molecule has 4 rings (SSSR count). The summed E-state index contributed by atoms with van der Waals surface area (Å²) in [5.41, 5.74) is 1.85. The number of fused-ring (bicyclic) bond motifs is 1. The second kappa shape index (κ2) is 6.34.